The number of benzene rings is 1. The van der Waals surface area contributed by atoms with E-state index in [0.29, 0.717) is 17.2 Å². The van der Waals surface area contributed by atoms with Crippen molar-refractivity contribution in [2.24, 2.45) is 0 Å². The quantitative estimate of drug-likeness (QED) is 0.775. The normalized spacial score (nSPS) is 10.3. The average molecular weight is 193 g/mol. The highest BCUT2D eigenvalue weighted by Gasteiger charge is 2.10. The molecule has 0 radical (unpaired) electrons. The van der Waals surface area contributed by atoms with Crippen molar-refractivity contribution in [3.8, 4) is 0 Å². The fourth-order valence-electron chi connectivity index (χ4n) is 1.32. The van der Waals surface area contributed by atoms with Crippen LogP contribution in [0.3, 0.4) is 0 Å². The zero-order valence-electron chi connectivity index (χ0n) is 8.66. The number of hydrogen-bond donors (Lipinski definition) is 2. The second-order valence-corrected chi connectivity index (χ2v) is 3.51. The van der Waals surface area contributed by atoms with Crippen LogP contribution in [0.1, 0.15) is 35.7 Å². The Morgan fingerprint density at radius 3 is 2.50 bits per heavy atom. The van der Waals surface area contributed by atoms with Crippen LogP contribution in [-0.4, -0.2) is 18.1 Å². The molecule has 0 heterocycles. The van der Waals surface area contributed by atoms with Gasteiger partial charge < -0.3 is 10.4 Å². The van der Waals surface area contributed by atoms with Gasteiger partial charge in [-0.1, -0.05) is 19.9 Å². The number of hydrogen-bond acceptors (Lipinski definition) is 2. The summed E-state index contributed by atoms with van der Waals surface area (Å²) >= 11 is 0. The van der Waals surface area contributed by atoms with Gasteiger partial charge in [-0.3, -0.25) is 0 Å². The first-order chi connectivity index (χ1) is 6.56. The van der Waals surface area contributed by atoms with Crippen molar-refractivity contribution in [3.63, 3.8) is 0 Å². The summed E-state index contributed by atoms with van der Waals surface area (Å²) in [6.45, 7) is 4.08. The van der Waals surface area contributed by atoms with Gasteiger partial charge in [-0.25, -0.2) is 4.79 Å². The average Bonchev–Trinajstić information content (AvgIpc) is 2.16. The lowest BCUT2D eigenvalue weighted by Crippen LogP contribution is -2.04. The van der Waals surface area contributed by atoms with E-state index in [2.05, 4.69) is 5.32 Å². The van der Waals surface area contributed by atoms with Gasteiger partial charge >= 0.3 is 5.97 Å². The highest BCUT2D eigenvalue weighted by Crippen LogP contribution is 2.22. The molecule has 0 atom stereocenters. The third-order valence-electron chi connectivity index (χ3n) is 2.21. The largest absolute Gasteiger partial charge is 0.478 e. The van der Waals surface area contributed by atoms with E-state index >= 15 is 0 Å². The molecule has 1 rings (SSSR count). The fourth-order valence-corrected chi connectivity index (χ4v) is 1.32. The lowest BCUT2D eigenvalue weighted by Gasteiger charge is -2.10. The van der Waals surface area contributed by atoms with Crippen molar-refractivity contribution in [1.82, 2.24) is 0 Å². The van der Waals surface area contributed by atoms with Crippen LogP contribution >= 0.6 is 0 Å². The van der Waals surface area contributed by atoms with Gasteiger partial charge in [0, 0.05) is 12.7 Å². The van der Waals surface area contributed by atoms with Gasteiger partial charge in [0.25, 0.3) is 0 Å². The second kappa shape index (κ2) is 4.13. The minimum Gasteiger partial charge on any atom is -0.478 e. The molecule has 0 aliphatic carbocycles. The van der Waals surface area contributed by atoms with Crippen molar-refractivity contribution in [3.05, 3.63) is 29.3 Å². The molecule has 3 nitrogen and oxygen atoms in total. The summed E-state index contributed by atoms with van der Waals surface area (Å²) in [5.41, 5.74) is 2.03. The van der Waals surface area contributed by atoms with Crippen LogP contribution in [0.25, 0.3) is 0 Å². The Morgan fingerprint density at radius 2 is 2.07 bits per heavy atom. The molecule has 76 valence electrons. The molecule has 2 N–H and O–H groups in total. The number of rotatable bonds is 3. The van der Waals surface area contributed by atoms with Gasteiger partial charge in [0.1, 0.15) is 0 Å². The smallest absolute Gasteiger partial charge is 0.337 e. The summed E-state index contributed by atoms with van der Waals surface area (Å²) in [6, 6.07) is 5.47. The van der Waals surface area contributed by atoms with Gasteiger partial charge in [0.15, 0.2) is 0 Å². The monoisotopic (exact) mass is 193 g/mol. The molecule has 14 heavy (non-hydrogen) atoms. The van der Waals surface area contributed by atoms with Gasteiger partial charge in [-0.15, -0.1) is 0 Å². The molecule has 0 spiro atoms. The molecule has 0 bridgehead atoms. The molecular formula is C11H15NO2. The number of nitrogens with one attached hydrogen (secondary N) is 1. The number of carboxylic acid groups (broad SMARTS) is 1. The molecule has 0 saturated heterocycles. The zero-order chi connectivity index (χ0) is 10.7. The molecule has 0 aliphatic heterocycles. The topological polar surface area (TPSA) is 49.3 Å². The summed E-state index contributed by atoms with van der Waals surface area (Å²) in [6.07, 6.45) is 0. The van der Waals surface area contributed by atoms with E-state index in [1.807, 2.05) is 19.9 Å². The molecule has 3 heteroatoms. The van der Waals surface area contributed by atoms with Gasteiger partial charge in [-0.05, 0) is 23.6 Å². The van der Waals surface area contributed by atoms with Crippen molar-refractivity contribution in [2.75, 3.05) is 12.4 Å². The maximum absolute atomic E-state index is 10.9. The van der Waals surface area contributed by atoms with E-state index in [9.17, 15) is 4.79 Å². The Bertz CT molecular complexity index is 345. The summed E-state index contributed by atoms with van der Waals surface area (Å²) in [5, 5.41) is 11.8. The lowest BCUT2D eigenvalue weighted by molar-refractivity contribution is 0.0698. The van der Waals surface area contributed by atoms with Crippen LogP contribution in [0.5, 0.6) is 0 Å². The number of carboxylic acids is 1. The van der Waals surface area contributed by atoms with Crippen molar-refractivity contribution in [2.45, 2.75) is 19.8 Å². The van der Waals surface area contributed by atoms with Gasteiger partial charge in [0.05, 0.1) is 5.56 Å². The van der Waals surface area contributed by atoms with Gasteiger partial charge in [-0.2, -0.15) is 0 Å². The fraction of sp³-hybridized carbons (Fsp3) is 0.364. The predicted molar refractivity (Wildman–Crippen MR) is 57.0 cm³/mol. The molecule has 0 amide bonds. The maximum atomic E-state index is 10.9. The van der Waals surface area contributed by atoms with E-state index in [1.165, 1.54) is 0 Å². The molecule has 0 aliphatic rings. The van der Waals surface area contributed by atoms with E-state index < -0.39 is 5.97 Å². The van der Waals surface area contributed by atoms with Crippen LogP contribution in [-0.2, 0) is 0 Å². The SMILES string of the molecule is CNc1ccc(C(C)C)cc1C(=O)O. The summed E-state index contributed by atoms with van der Waals surface area (Å²) in [4.78, 5) is 10.9. The van der Waals surface area contributed by atoms with E-state index in [-0.39, 0.29) is 0 Å². The maximum Gasteiger partial charge on any atom is 0.337 e. The van der Waals surface area contributed by atoms with Crippen molar-refractivity contribution in [1.29, 1.82) is 0 Å². The molecule has 0 aromatic heterocycles. The number of aromatic carboxylic acids is 1. The molecular weight excluding hydrogens is 178 g/mol. The first kappa shape index (κ1) is 10.6. The highest BCUT2D eigenvalue weighted by atomic mass is 16.4. The lowest BCUT2D eigenvalue weighted by atomic mass is 10.00. The van der Waals surface area contributed by atoms with E-state index in [1.54, 1.807) is 19.2 Å². The summed E-state index contributed by atoms with van der Waals surface area (Å²) < 4.78 is 0. The Morgan fingerprint density at radius 1 is 1.43 bits per heavy atom. The van der Waals surface area contributed by atoms with Gasteiger partial charge in [0.2, 0.25) is 0 Å². The van der Waals surface area contributed by atoms with Crippen LogP contribution in [0.2, 0.25) is 0 Å². The Kier molecular flexibility index (Phi) is 3.12. The number of carbonyl (C=O) groups is 1. The Balaban J connectivity index is 3.21. The summed E-state index contributed by atoms with van der Waals surface area (Å²) in [5.74, 6) is -0.546. The van der Waals surface area contributed by atoms with Crippen LogP contribution in [0, 0.1) is 0 Å². The predicted octanol–water partition coefficient (Wildman–Crippen LogP) is 2.55. The highest BCUT2D eigenvalue weighted by molar-refractivity contribution is 5.94. The van der Waals surface area contributed by atoms with Crippen molar-refractivity contribution < 1.29 is 9.90 Å². The summed E-state index contributed by atoms with van der Waals surface area (Å²) in [7, 11) is 1.72. The Hall–Kier alpha value is -1.51. The minimum atomic E-state index is -0.892. The molecule has 1 aromatic carbocycles. The first-order valence-corrected chi connectivity index (χ1v) is 4.61. The Labute approximate surface area is 83.8 Å². The second-order valence-electron chi connectivity index (χ2n) is 3.51. The van der Waals surface area contributed by atoms with Crippen LogP contribution in [0.4, 0.5) is 5.69 Å². The first-order valence-electron chi connectivity index (χ1n) is 4.61. The minimum absolute atomic E-state index is 0.332. The van der Waals surface area contributed by atoms with Crippen LogP contribution in [0.15, 0.2) is 18.2 Å². The third-order valence-corrected chi connectivity index (χ3v) is 2.21. The molecule has 0 saturated carbocycles. The number of anilines is 1. The standard InChI is InChI=1S/C11H15NO2/c1-7(2)8-4-5-10(12-3)9(6-8)11(13)14/h4-7,12H,1-3H3,(H,13,14). The third kappa shape index (κ3) is 2.05. The molecule has 0 unspecified atom stereocenters. The van der Waals surface area contributed by atoms with Crippen LogP contribution < -0.4 is 5.32 Å². The van der Waals surface area contributed by atoms with Crippen molar-refractivity contribution >= 4 is 11.7 Å². The van der Waals surface area contributed by atoms with E-state index in [0.717, 1.165) is 5.56 Å². The molecule has 0 fully saturated rings. The van der Waals surface area contributed by atoms with E-state index in [4.69, 9.17) is 5.11 Å². The zero-order valence-corrected chi connectivity index (χ0v) is 8.66. The molecule has 1 aromatic rings.